The second-order valence-corrected chi connectivity index (χ2v) is 9.13. The zero-order valence-electron chi connectivity index (χ0n) is 20.7. The highest BCUT2D eigenvalue weighted by molar-refractivity contribution is 5.97. The van der Waals surface area contributed by atoms with Gasteiger partial charge in [0.2, 0.25) is 5.88 Å². The van der Waals surface area contributed by atoms with E-state index in [4.69, 9.17) is 19.2 Å². The van der Waals surface area contributed by atoms with Crippen LogP contribution in [0.5, 0.6) is 17.4 Å². The minimum Gasteiger partial charge on any atom is -0.493 e. The van der Waals surface area contributed by atoms with Crippen molar-refractivity contribution < 1.29 is 14.2 Å². The van der Waals surface area contributed by atoms with Gasteiger partial charge in [-0.2, -0.15) is 5.26 Å². The van der Waals surface area contributed by atoms with Gasteiger partial charge in [-0.1, -0.05) is 6.07 Å². The van der Waals surface area contributed by atoms with Gasteiger partial charge in [-0.25, -0.2) is 4.98 Å². The van der Waals surface area contributed by atoms with Gasteiger partial charge in [-0.3, -0.25) is 4.98 Å². The number of fused-ring (bicyclic) bond motifs is 1. The van der Waals surface area contributed by atoms with E-state index in [1.165, 1.54) is 0 Å². The Morgan fingerprint density at radius 3 is 2.78 bits per heavy atom. The summed E-state index contributed by atoms with van der Waals surface area (Å²) in [6.07, 6.45) is 7.46. The summed E-state index contributed by atoms with van der Waals surface area (Å²) in [4.78, 5) is 12.5. The quantitative estimate of drug-likeness (QED) is 0.377. The predicted molar refractivity (Wildman–Crippen MR) is 138 cm³/mol. The van der Waals surface area contributed by atoms with Gasteiger partial charge in [0.1, 0.15) is 6.10 Å². The van der Waals surface area contributed by atoms with E-state index in [1.807, 2.05) is 38.2 Å². The van der Waals surface area contributed by atoms with Gasteiger partial charge in [-0.05, 0) is 57.0 Å². The summed E-state index contributed by atoms with van der Waals surface area (Å²) in [6.45, 7) is 5.77. The van der Waals surface area contributed by atoms with Gasteiger partial charge in [0.05, 0.1) is 42.9 Å². The largest absolute Gasteiger partial charge is 0.493 e. The first-order chi connectivity index (χ1) is 17.6. The number of H-pyrrole nitrogens is 1. The van der Waals surface area contributed by atoms with Crippen molar-refractivity contribution in [2.45, 2.75) is 38.9 Å². The molecule has 4 aromatic rings. The minimum absolute atomic E-state index is 0.0606. The molecule has 184 valence electrons. The molecule has 1 aliphatic rings. The van der Waals surface area contributed by atoms with Crippen molar-refractivity contribution in [2.75, 3.05) is 20.2 Å². The molecule has 0 radical (unpaired) electrons. The maximum atomic E-state index is 9.59. The number of hydrogen-bond acceptors (Lipinski definition) is 7. The van der Waals surface area contributed by atoms with Crippen molar-refractivity contribution >= 4 is 10.9 Å². The zero-order valence-corrected chi connectivity index (χ0v) is 20.7. The van der Waals surface area contributed by atoms with E-state index in [2.05, 4.69) is 27.4 Å². The van der Waals surface area contributed by atoms with E-state index >= 15 is 0 Å². The highest BCUT2D eigenvalue weighted by Gasteiger charge is 2.19. The fourth-order valence-electron chi connectivity index (χ4n) is 4.52. The fourth-order valence-corrected chi connectivity index (χ4v) is 4.52. The van der Waals surface area contributed by atoms with Crippen LogP contribution in [0.3, 0.4) is 0 Å². The van der Waals surface area contributed by atoms with Crippen molar-refractivity contribution in [3.63, 3.8) is 0 Å². The molecule has 0 spiro atoms. The van der Waals surface area contributed by atoms with Crippen LogP contribution >= 0.6 is 0 Å². The van der Waals surface area contributed by atoms with Crippen molar-refractivity contribution in [3.05, 3.63) is 54.5 Å². The molecule has 8 nitrogen and oxygen atoms in total. The topological polar surface area (TPSA) is 105 Å². The van der Waals surface area contributed by atoms with Crippen LogP contribution in [0.4, 0.5) is 0 Å². The maximum Gasteiger partial charge on any atom is 0.233 e. The molecule has 1 saturated heterocycles. The molecule has 0 aliphatic carbocycles. The average Bonchev–Trinajstić information content (AvgIpc) is 3.32. The molecule has 1 fully saturated rings. The first kappa shape index (κ1) is 23.6. The molecule has 3 heterocycles. The van der Waals surface area contributed by atoms with Gasteiger partial charge in [-0.15, -0.1) is 0 Å². The van der Waals surface area contributed by atoms with Crippen LogP contribution in [0.2, 0.25) is 0 Å². The second-order valence-electron chi connectivity index (χ2n) is 9.13. The number of nitriles is 1. The third-order valence-electron chi connectivity index (χ3n) is 6.18. The Kier molecular flexibility index (Phi) is 6.74. The van der Waals surface area contributed by atoms with Crippen LogP contribution in [0.15, 0.2) is 48.9 Å². The Hall–Kier alpha value is -4.09. The molecule has 8 heteroatoms. The third kappa shape index (κ3) is 4.83. The molecule has 1 unspecified atom stereocenters. The molecular formula is C28H29N5O3. The summed E-state index contributed by atoms with van der Waals surface area (Å²) in [7, 11) is 1.58. The molecular weight excluding hydrogens is 454 g/mol. The molecule has 1 aliphatic heterocycles. The average molecular weight is 484 g/mol. The number of aromatic nitrogens is 3. The van der Waals surface area contributed by atoms with Crippen molar-refractivity contribution in [2.24, 2.45) is 0 Å². The van der Waals surface area contributed by atoms with Crippen LogP contribution < -0.4 is 19.5 Å². The first-order valence-corrected chi connectivity index (χ1v) is 12.2. The predicted octanol–water partition coefficient (Wildman–Crippen LogP) is 5.09. The van der Waals surface area contributed by atoms with Crippen LogP contribution in [0.1, 0.15) is 32.3 Å². The molecule has 5 rings (SSSR count). The Bertz CT molecular complexity index is 1420. The summed E-state index contributed by atoms with van der Waals surface area (Å²) in [5.74, 6) is 1.66. The van der Waals surface area contributed by atoms with Crippen LogP contribution in [-0.4, -0.2) is 47.4 Å². The Balaban J connectivity index is 1.56. The zero-order chi connectivity index (χ0) is 25.1. The molecule has 2 aromatic heterocycles. The number of piperidine rings is 1. The smallest absolute Gasteiger partial charge is 0.233 e. The lowest BCUT2D eigenvalue weighted by Crippen LogP contribution is -2.37. The van der Waals surface area contributed by atoms with E-state index in [0.29, 0.717) is 22.9 Å². The Labute approximate surface area is 210 Å². The number of hydrogen-bond donors (Lipinski definition) is 2. The van der Waals surface area contributed by atoms with Gasteiger partial charge in [0, 0.05) is 40.8 Å². The lowest BCUT2D eigenvalue weighted by molar-refractivity contribution is 0.160. The Morgan fingerprint density at radius 2 is 2.03 bits per heavy atom. The monoisotopic (exact) mass is 483 g/mol. The summed E-state index contributed by atoms with van der Waals surface area (Å²) in [6, 6.07) is 11.9. The summed E-state index contributed by atoms with van der Waals surface area (Å²) in [5.41, 5.74) is 4.81. The van der Waals surface area contributed by atoms with Crippen LogP contribution in [-0.2, 0) is 0 Å². The van der Waals surface area contributed by atoms with E-state index in [9.17, 15) is 5.26 Å². The summed E-state index contributed by atoms with van der Waals surface area (Å²) in [5, 5.41) is 13.9. The first-order valence-electron chi connectivity index (χ1n) is 12.2. The SMILES string of the molecule is COc1cc(C#N)cc(-c2ccc3[nH]cc(-c4cncc(OC5CCCNC5)n4)c3c2)c1OC(C)C. The standard InChI is InChI=1S/C28H29N5O3/c1-17(2)35-28-21(9-18(12-29)10-26(28)34-3)19-6-7-24-22(11-19)23(14-32-24)25-15-31-16-27(33-25)36-20-5-4-8-30-13-20/h6-7,9-11,14-17,20,30,32H,4-5,8,13H2,1-3H3. The lowest BCUT2D eigenvalue weighted by atomic mass is 9.98. The van der Waals surface area contributed by atoms with Crippen molar-refractivity contribution in [3.8, 4) is 45.8 Å². The minimum atomic E-state index is -0.0606. The van der Waals surface area contributed by atoms with Crippen LogP contribution in [0.25, 0.3) is 33.3 Å². The number of rotatable bonds is 7. The Morgan fingerprint density at radius 1 is 1.14 bits per heavy atom. The van der Waals surface area contributed by atoms with Gasteiger partial charge in [0.15, 0.2) is 11.5 Å². The fraction of sp³-hybridized carbons (Fsp3) is 0.321. The molecule has 1 atom stereocenters. The molecule has 0 bridgehead atoms. The highest BCUT2D eigenvalue weighted by Crippen LogP contribution is 2.41. The molecule has 2 aromatic carbocycles. The lowest BCUT2D eigenvalue weighted by Gasteiger charge is -2.23. The van der Waals surface area contributed by atoms with E-state index in [0.717, 1.165) is 59.2 Å². The van der Waals surface area contributed by atoms with Crippen molar-refractivity contribution in [1.82, 2.24) is 20.3 Å². The van der Waals surface area contributed by atoms with Gasteiger partial charge in [0.25, 0.3) is 0 Å². The number of methoxy groups -OCH3 is 1. The summed E-state index contributed by atoms with van der Waals surface area (Å²) >= 11 is 0. The van der Waals surface area contributed by atoms with E-state index in [1.54, 1.807) is 25.6 Å². The number of nitrogens with zero attached hydrogens (tertiary/aromatic N) is 3. The molecule has 0 saturated carbocycles. The van der Waals surface area contributed by atoms with Crippen molar-refractivity contribution in [1.29, 1.82) is 5.26 Å². The molecule has 2 N–H and O–H groups in total. The number of nitrogens with one attached hydrogen (secondary N) is 2. The van der Waals surface area contributed by atoms with Gasteiger partial charge < -0.3 is 24.5 Å². The number of aromatic amines is 1. The second kappa shape index (κ2) is 10.3. The molecule has 36 heavy (non-hydrogen) atoms. The summed E-state index contributed by atoms with van der Waals surface area (Å²) < 4.78 is 17.8. The third-order valence-corrected chi connectivity index (χ3v) is 6.18. The van der Waals surface area contributed by atoms with Crippen LogP contribution in [0, 0.1) is 11.3 Å². The van der Waals surface area contributed by atoms with E-state index in [-0.39, 0.29) is 12.2 Å². The van der Waals surface area contributed by atoms with Gasteiger partial charge >= 0.3 is 0 Å². The highest BCUT2D eigenvalue weighted by atomic mass is 16.5. The van der Waals surface area contributed by atoms with E-state index < -0.39 is 0 Å². The number of benzene rings is 2. The number of ether oxygens (including phenoxy) is 3. The maximum absolute atomic E-state index is 9.59. The normalized spacial score (nSPS) is 15.6. The molecule has 0 amide bonds.